The summed E-state index contributed by atoms with van der Waals surface area (Å²) >= 11 is 0. The van der Waals surface area contributed by atoms with Crippen LogP contribution in [0.3, 0.4) is 0 Å². The fraction of sp³-hybridized carbons (Fsp3) is 0.846. The molecule has 2 rings (SSSR count). The Bertz CT molecular complexity index is 448. The van der Waals surface area contributed by atoms with E-state index in [9.17, 15) is 4.79 Å². The van der Waals surface area contributed by atoms with Gasteiger partial charge in [0, 0.05) is 12.6 Å². The molecule has 7 heteroatoms. The second kappa shape index (κ2) is 6.78. The van der Waals surface area contributed by atoms with Crippen molar-refractivity contribution in [1.82, 2.24) is 25.1 Å². The van der Waals surface area contributed by atoms with E-state index in [4.69, 9.17) is 5.11 Å². The number of carboxylic acid groups (broad SMARTS) is 1. The number of aromatic nitrogens is 4. The maximum Gasteiger partial charge on any atom is 0.306 e. The van der Waals surface area contributed by atoms with Crippen molar-refractivity contribution >= 4 is 5.97 Å². The molecule has 2 heterocycles. The Kier molecular flexibility index (Phi) is 5.05. The minimum Gasteiger partial charge on any atom is -0.481 e. The first-order valence-electron chi connectivity index (χ1n) is 7.33. The SMILES string of the molecule is CCCCn1nnnc1CN1CCC(C(=O)O)CC1C. The lowest BCUT2D eigenvalue weighted by molar-refractivity contribution is -0.144. The van der Waals surface area contributed by atoms with Crippen LogP contribution in [0.25, 0.3) is 0 Å². The number of nitrogens with zero attached hydrogens (tertiary/aromatic N) is 5. The van der Waals surface area contributed by atoms with E-state index in [0.717, 1.165) is 31.8 Å². The fourth-order valence-corrected chi connectivity index (χ4v) is 2.68. The molecular weight excluding hydrogens is 258 g/mol. The summed E-state index contributed by atoms with van der Waals surface area (Å²) < 4.78 is 1.86. The van der Waals surface area contributed by atoms with Crippen LogP contribution < -0.4 is 0 Å². The number of hydrogen-bond donors (Lipinski definition) is 1. The molecule has 1 N–H and O–H groups in total. The van der Waals surface area contributed by atoms with Gasteiger partial charge in [-0.15, -0.1) is 5.10 Å². The molecule has 1 aliphatic heterocycles. The van der Waals surface area contributed by atoms with E-state index in [1.165, 1.54) is 0 Å². The van der Waals surface area contributed by atoms with Crippen LogP contribution in [0, 0.1) is 5.92 Å². The van der Waals surface area contributed by atoms with Crippen molar-refractivity contribution < 1.29 is 9.90 Å². The molecule has 1 saturated heterocycles. The number of hydrogen-bond acceptors (Lipinski definition) is 5. The number of tetrazole rings is 1. The molecule has 2 atom stereocenters. The molecule has 0 spiro atoms. The monoisotopic (exact) mass is 281 g/mol. The number of piperidine rings is 1. The molecule has 2 unspecified atom stereocenters. The number of carbonyl (C=O) groups is 1. The zero-order valence-corrected chi connectivity index (χ0v) is 12.2. The lowest BCUT2D eigenvalue weighted by Gasteiger charge is -2.35. The van der Waals surface area contributed by atoms with E-state index in [1.807, 2.05) is 4.68 Å². The molecule has 1 aliphatic rings. The Labute approximate surface area is 119 Å². The van der Waals surface area contributed by atoms with Crippen LogP contribution in [0.15, 0.2) is 0 Å². The van der Waals surface area contributed by atoms with E-state index in [2.05, 4.69) is 34.3 Å². The van der Waals surface area contributed by atoms with Crippen molar-refractivity contribution in [1.29, 1.82) is 0 Å². The zero-order chi connectivity index (χ0) is 14.5. The van der Waals surface area contributed by atoms with Gasteiger partial charge in [-0.2, -0.15) is 0 Å². The normalized spacial score (nSPS) is 23.9. The summed E-state index contributed by atoms with van der Waals surface area (Å²) in [5, 5.41) is 21.0. The average Bonchev–Trinajstić information content (AvgIpc) is 2.85. The van der Waals surface area contributed by atoms with Crippen LogP contribution in [0.5, 0.6) is 0 Å². The Balaban J connectivity index is 1.94. The van der Waals surface area contributed by atoms with Gasteiger partial charge in [-0.05, 0) is 43.2 Å². The summed E-state index contributed by atoms with van der Waals surface area (Å²) in [4.78, 5) is 13.3. The first-order valence-corrected chi connectivity index (χ1v) is 7.33. The highest BCUT2D eigenvalue weighted by Gasteiger charge is 2.30. The summed E-state index contributed by atoms with van der Waals surface area (Å²) in [5.74, 6) is -0.0132. The van der Waals surface area contributed by atoms with Crippen molar-refractivity contribution in [2.24, 2.45) is 5.92 Å². The molecule has 112 valence electrons. The second-order valence-electron chi connectivity index (χ2n) is 5.55. The van der Waals surface area contributed by atoms with E-state index in [0.29, 0.717) is 19.4 Å². The van der Waals surface area contributed by atoms with Crippen molar-refractivity contribution in [3.8, 4) is 0 Å². The predicted octanol–water partition coefficient (Wildman–Crippen LogP) is 1.16. The molecule has 1 aromatic heterocycles. The minimum absolute atomic E-state index is 0.211. The Morgan fingerprint density at radius 2 is 2.30 bits per heavy atom. The van der Waals surface area contributed by atoms with Gasteiger partial charge >= 0.3 is 5.97 Å². The van der Waals surface area contributed by atoms with Gasteiger partial charge in [0.15, 0.2) is 5.82 Å². The van der Waals surface area contributed by atoms with E-state index < -0.39 is 5.97 Å². The Morgan fingerprint density at radius 3 is 2.95 bits per heavy atom. The van der Waals surface area contributed by atoms with Crippen LogP contribution in [0.2, 0.25) is 0 Å². The lowest BCUT2D eigenvalue weighted by atomic mass is 9.92. The van der Waals surface area contributed by atoms with Crippen LogP contribution >= 0.6 is 0 Å². The van der Waals surface area contributed by atoms with E-state index >= 15 is 0 Å². The predicted molar refractivity (Wildman–Crippen MR) is 73.0 cm³/mol. The number of rotatable bonds is 6. The van der Waals surface area contributed by atoms with Crippen LogP contribution in [0.1, 0.15) is 45.4 Å². The summed E-state index contributed by atoms with van der Waals surface area (Å²) in [5.41, 5.74) is 0. The molecule has 0 saturated carbocycles. The molecule has 20 heavy (non-hydrogen) atoms. The largest absolute Gasteiger partial charge is 0.481 e. The first kappa shape index (κ1) is 14.9. The summed E-state index contributed by atoms with van der Waals surface area (Å²) in [6, 6.07) is 0.251. The third kappa shape index (κ3) is 3.53. The van der Waals surface area contributed by atoms with Crippen LogP contribution in [0.4, 0.5) is 0 Å². The van der Waals surface area contributed by atoms with E-state index in [1.54, 1.807) is 0 Å². The van der Waals surface area contributed by atoms with Gasteiger partial charge in [0.2, 0.25) is 0 Å². The Hall–Kier alpha value is -1.50. The topological polar surface area (TPSA) is 84.1 Å². The van der Waals surface area contributed by atoms with Crippen LogP contribution in [-0.2, 0) is 17.9 Å². The first-order chi connectivity index (χ1) is 9.61. The van der Waals surface area contributed by atoms with Gasteiger partial charge < -0.3 is 5.11 Å². The average molecular weight is 281 g/mol. The van der Waals surface area contributed by atoms with Gasteiger partial charge in [-0.1, -0.05) is 13.3 Å². The van der Waals surface area contributed by atoms with E-state index in [-0.39, 0.29) is 12.0 Å². The van der Waals surface area contributed by atoms with Gasteiger partial charge in [0.1, 0.15) is 0 Å². The minimum atomic E-state index is -0.677. The highest BCUT2D eigenvalue weighted by Crippen LogP contribution is 2.24. The maximum absolute atomic E-state index is 11.0. The smallest absolute Gasteiger partial charge is 0.306 e. The molecule has 0 aliphatic carbocycles. The molecule has 7 nitrogen and oxygen atoms in total. The highest BCUT2D eigenvalue weighted by molar-refractivity contribution is 5.70. The fourth-order valence-electron chi connectivity index (χ4n) is 2.68. The summed E-state index contributed by atoms with van der Waals surface area (Å²) in [6.07, 6.45) is 3.58. The van der Waals surface area contributed by atoms with Gasteiger partial charge in [0.25, 0.3) is 0 Å². The molecule has 0 bridgehead atoms. The molecule has 0 amide bonds. The molecule has 1 fully saturated rings. The molecular formula is C13H23N5O2. The van der Waals surface area contributed by atoms with Gasteiger partial charge in [0.05, 0.1) is 12.5 Å². The van der Waals surface area contributed by atoms with Crippen molar-refractivity contribution in [3.05, 3.63) is 5.82 Å². The number of unbranched alkanes of at least 4 members (excludes halogenated alkanes) is 1. The third-order valence-electron chi connectivity index (χ3n) is 4.04. The number of likely N-dealkylation sites (tertiary alicyclic amines) is 1. The molecule has 0 radical (unpaired) electrons. The molecule has 0 aromatic carbocycles. The van der Waals surface area contributed by atoms with Crippen molar-refractivity contribution in [2.75, 3.05) is 6.54 Å². The quantitative estimate of drug-likeness (QED) is 0.842. The maximum atomic E-state index is 11.0. The highest BCUT2D eigenvalue weighted by atomic mass is 16.4. The van der Waals surface area contributed by atoms with Crippen LogP contribution in [-0.4, -0.2) is 48.8 Å². The van der Waals surface area contributed by atoms with Crippen molar-refractivity contribution in [3.63, 3.8) is 0 Å². The standard InChI is InChI=1S/C13H23N5O2/c1-3-4-6-18-12(14-15-16-18)9-17-7-5-11(13(19)20)8-10(17)2/h10-11H,3-9H2,1-2H3,(H,19,20). The number of carboxylic acids is 1. The number of aryl methyl sites for hydroxylation is 1. The Morgan fingerprint density at radius 1 is 1.50 bits per heavy atom. The van der Waals surface area contributed by atoms with Gasteiger partial charge in [-0.25, -0.2) is 4.68 Å². The summed E-state index contributed by atoms with van der Waals surface area (Å²) in [7, 11) is 0. The summed E-state index contributed by atoms with van der Waals surface area (Å²) in [6.45, 7) is 6.56. The van der Waals surface area contributed by atoms with Crippen molar-refractivity contribution in [2.45, 2.75) is 58.7 Å². The third-order valence-corrected chi connectivity index (χ3v) is 4.04. The van der Waals surface area contributed by atoms with Gasteiger partial charge in [-0.3, -0.25) is 9.69 Å². The lowest BCUT2D eigenvalue weighted by Crippen LogP contribution is -2.42. The molecule has 1 aromatic rings. The number of aliphatic carboxylic acids is 1. The zero-order valence-electron chi connectivity index (χ0n) is 12.2. The second-order valence-corrected chi connectivity index (χ2v) is 5.55.